The van der Waals surface area contributed by atoms with Gasteiger partial charge in [-0.3, -0.25) is 10.2 Å². The summed E-state index contributed by atoms with van der Waals surface area (Å²) in [4.78, 5) is 29.6. The molecule has 1 unspecified atom stereocenters. The Labute approximate surface area is 201 Å². The first-order chi connectivity index (χ1) is 16.5. The van der Waals surface area contributed by atoms with E-state index in [1.807, 2.05) is 29.2 Å². The van der Waals surface area contributed by atoms with Crippen molar-refractivity contribution in [1.29, 1.82) is 5.41 Å². The molecule has 4 N–H and O–H groups in total. The van der Waals surface area contributed by atoms with Crippen LogP contribution in [0.3, 0.4) is 0 Å². The molecule has 2 amide bonds. The Morgan fingerprint density at radius 1 is 0.941 bits per heavy atom. The molecule has 8 nitrogen and oxygen atoms in total. The number of carbonyl (C=O) groups is 2. The summed E-state index contributed by atoms with van der Waals surface area (Å²) in [5.74, 6) is 1.44. The Morgan fingerprint density at radius 3 is 2.24 bits per heavy atom. The molecule has 1 aliphatic heterocycles. The lowest BCUT2D eigenvalue weighted by Crippen LogP contribution is -2.54. The normalized spacial score (nSPS) is 30.8. The van der Waals surface area contributed by atoms with Crippen LogP contribution < -0.4 is 16.0 Å². The van der Waals surface area contributed by atoms with Gasteiger partial charge in [0.1, 0.15) is 11.9 Å². The molecule has 4 aliphatic rings. The number of ether oxygens (including phenoxy) is 1. The number of amides is 2. The number of urea groups is 1. The SMILES string of the molecule is N=C(N)c1ccc(N2CCN(C(=O)NC3CCC(C(=O)O[C@H]4C[C@H]5CCC4C5)CC3)CC2)cc1. The van der Waals surface area contributed by atoms with Gasteiger partial charge in [-0.1, -0.05) is 0 Å². The number of nitrogen functional groups attached to an aromatic ring is 1. The Bertz CT molecular complexity index is 904. The van der Waals surface area contributed by atoms with E-state index in [0.717, 1.165) is 62.4 Å². The Morgan fingerprint density at radius 2 is 1.65 bits per heavy atom. The van der Waals surface area contributed by atoms with Crippen molar-refractivity contribution in [3.05, 3.63) is 29.8 Å². The second-order valence-electron chi connectivity index (χ2n) is 10.6. The lowest BCUT2D eigenvalue weighted by atomic mass is 9.86. The van der Waals surface area contributed by atoms with Gasteiger partial charge in [0.05, 0.1) is 5.92 Å². The molecule has 1 heterocycles. The summed E-state index contributed by atoms with van der Waals surface area (Å²) in [5, 5.41) is 10.7. The van der Waals surface area contributed by atoms with Crippen LogP contribution in [0, 0.1) is 23.2 Å². The predicted octanol–water partition coefficient (Wildman–Crippen LogP) is 3.09. The summed E-state index contributed by atoms with van der Waals surface area (Å²) in [5.41, 5.74) is 7.33. The van der Waals surface area contributed by atoms with Crippen molar-refractivity contribution in [1.82, 2.24) is 10.2 Å². The highest BCUT2D eigenvalue weighted by atomic mass is 16.5. The number of anilines is 1. The molecule has 8 heteroatoms. The van der Waals surface area contributed by atoms with E-state index in [2.05, 4.69) is 10.2 Å². The number of fused-ring (bicyclic) bond motifs is 2. The van der Waals surface area contributed by atoms with Crippen LogP contribution in [0.2, 0.25) is 0 Å². The zero-order chi connectivity index (χ0) is 23.7. The number of nitrogens with zero attached hydrogens (tertiary/aromatic N) is 2. The molecule has 0 aromatic heterocycles. The van der Waals surface area contributed by atoms with E-state index in [-0.39, 0.29) is 35.9 Å². The number of hydrogen-bond acceptors (Lipinski definition) is 5. The fourth-order valence-corrected chi connectivity index (χ4v) is 6.34. The fraction of sp³-hybridized carbons (Fsp3) is 0.654. The predicted molar refractivity (Wildman–Crippen MR) is 131 cm³/mol. The van der Waals surface area contributed by atoms with Gasteiger partial charge < -0.3 is 25.6 Å². The maximum atomic E-state index is 12.8. The maximum absolute atomic E-state index is 12.8. The van der Waals surface area contributed by atoms with Crippen molar-refractivity contribution in [3.63, 3.8) is 0 Å². The Kier molecular flexibility index (Phi) is 6.66. The van der Waals surface area contributed by atoms with Gasteiger partial charge in [-0.05, 0) is 87.5 Å². The molecule has 34 heavy (non-hydrogen) atoms. The minimum absolute atomic E-state index is 0.000384. The smallest absolute Gasteiger partial charge is 0.317 e. The van der Waals surface area contributed by atoms with Crippen LogP contribution >= 0.6 is 0 Å². The second kappa shape index (κ2) is 9.84. The summed E-state index contributed by atoms with van der Waals surface area (Å²) in [6, 6.07) is 7.82. The summed E-state index contributed by atoms with van der Waals surface area (Å²) < 4.78 is 5.91. The van der Waals surface area contributed by atoms with Crippen LogP contribution in [-0.4, -0.2) is 61.1 Å². The van der Waals surface area contributed by atoms with Crippen molar-refractivity contribution in [2.24, 2.45) is 23.5 Å². The van der Waals surface area contributed by atoms with Crippen LogP contribution in [0.15, 0.2) is 24.3 Å². The van der Waals surface area contributed by atoms with Gasteiger partial charge >= 0.3 is 12.0 Å². The number of carbonyl (C=O) groups excluding carboxylic acids is 2. The van der Waals surface area contributed by atoms with Crippen LogP contribution in [0.4, 0.5) is 10.5 Å². The van der Waals surface area contributed by atoms with Gasteiger partial charge in [0, 0.05) is 43.5 Å². The number of hydrogen-bond donors (Lipinski definition) is 3. The Hall–Kier alpha value is -2.77. The van der Waals surface area contributed by atoms with Gasteiger partial charge in [0.2, 0.25) is 0 Å². The lowest BCUT2D eigenvalue weighted by molar-refractivity contribution is -0.157. The highest BCUT2D eigenvalue weighted by Gasteiger charge is 2.42. The number of nitrogens with two attached hydrogens (primary N) is 1. The standard InChI is InChI=1S/C26H37N5O3/c27-24(28)18-5-9-22(10-6-18)30-11-13-31(14-12-30)26(33)29-21-7-3-19(4-8-21)25(32)34-23-16-17-1-2-20(23)15-17/h5-6,9-10,17,19-21,23H,1-4,7-8,11-16H2,(H3,27,28)(H,29,33)/t17-,19?,20?,21?,23-/m0/s1. The highest BCUT2D eigenvalue weighted by molar-refractivity contribution is 5.95. The zero-order valence-corrected chi connectivity index (χ0v) is 19.9. The number of benzene rings is 1. The largest absolute Gasteiger partial charge is 0.462 e. The number of piperazine rings is 1. The average molecular weight is 468 g/mol. The quantitative estimate of drug-likeness (QED) is 0.350. The van der Waals surface area contributed by atoms with Crippen LogP contribution in [-0.2, 0) is 9.53 Å². The zero-order valence-electron chi connectivity index (χ0n) is 19.9. The van der Waals surface area contributed by atoms with E-state index in [1.165, 1.54) is 19.3 Å². The molecule has 3 atom stereocenters. The van der Waals surface area contributed by atoms with Crippen molar-refractivity contribution in [2.75, 3.05) is 31.1 Å². The molecule has 0 radical (unpaired) electrons. The molecule has 5 rings (SSSR count). The third-order valence-electron chi connectivity index (χ3n) is 8.44. The summed E-state index contributed by atoms with van der Waals surface area (Å²) in [6.45, 7) is 2.89. The van der Waals surface area contributed by atoms with Crippen LogP contribution in [0.5, 0.6) is 0 Å². The maximum Gasteiger partial charge on any atom is 0.317 e. The molecule has 1 saturated heterocycles. The van der Waals surface area contributed by atoms with Crippen molar-refractivity contribution in [3.8, 4) is 0 Å². The van der Waals surface area contributed by atoms with Gasteiger partial charge in [0.25, 0.3) is 0 Å². The molecule has 3 saturated carbocycles. The Balaban J connectivity index is 1.02. The molecule has 0 spiro atoms. The van der Waals surface area contributed by atoms with E-state index < -0.39 is 0 Å². The average Bonchev–Trinajstić information content (AvgIpc) is 3.48. The highest BCUT2D eigenvalue weighted by Crippen LogP contribution is 2.46. The molecule has 3 aliphatic carbocycles. The fourth-order valence-electron chi connectivity index (χ4n) is 6.34. The molecule has 184 valence electrons. The second-order valence-corrected chi connectivity index (χ2v) is 10.6. The van der Waals surface area contributed by atoms with E-state index >= 15 is 0 Å². The number of nitrogens with one attached hydrogen (secondary N) is 2. The van der Waals surface area contributed by atoms with Gasteiger partial charge in [0.15, 0.2) is 0 Å². The third-order valence-corrected chi connectivity index (χ3v) is 8.44. The van der Waals surface area contributed by atoms with E-state index in [9.17, 15) is 9.59 Å². The van der Waals surface area contributed by atoms with Crippen molar-refractivity contribution < 1.29 is 14.3 Å². The summed E-state index contributed by atoms with van der Waals surface area (Å²) in [7, 11) is 0. The molecule has 2 bridgehead atoms. The first-order valence-corrected chi connectivity index (χ1v) is 12.9. The van der Waals surface area contributed by atoms with Gasteiger partial charge in [-0.2, -0.15) is 0 Å². The minimum atomic E-state index is -0.00906. The van der Waals surface area contributed by atoms with E-state index in [0.29, 0.717) is 19.0 Å². The minimum Gasteiger partial charge on any atom is -0.462 e. The van der Waals surface area contributed by atoms with Gasteiger partial charge in [-0.25, -0.2) is 4.79 Å². The van der Waals surface area contributed by atoms with Crippen molar-refractivity contribution >= 4 is 23.5 Å². The monoisotopic (exact) mass is 467 g/mol. The lowest BCUT2D eigenvalue weighted by Gasteiger charge is -2.37. The first-order valence-electron chi connectivity index (χ1n) is 12.9. The van der Waals surface area contributed by atoms with E-state index in [4.69, 9.17) is 15.9 Å². The molecule has 4 fully saturated rings. The van der Waals surface area contributed by atoms with Crippen LogP contribution in [0.25, 0.3) is 0 Å². The molecule has 1 aromatic rings. The van der Waals surface area contributed by atoms with Crippen LogP contribution in [0.1, 0.15) is 56.9 Å². The van der Waals surface area contributed by atoms with Crippen molar-refractivity contribution in [2.45, 2.75) is 63.5 Å². The number of rotatable bonds is 5. The molecular weight excluding hydrogens is 430 g/mol. The summed E-state index contributed by atoms with van der Waals surface area (Å²) in [6.07, 6.45) is 8.29. The summed E-state index contributed by atoms with van der Waals surface area (Å²) >= 11 is 0. The van der Waals surface area contributed by atoms with Gasteiger partial charge in [-0.15, -0.1) is 0 Å². The van der Waals surface area contributed by atoms with E-state index in [1.54, 1.807) is 0 Å². The first kappa shape index (κ1) is 23.0. The number of amidine groups is 1. The third kappa shape index (κ3) is 5.00. The topological polar surface area (TPSA) is 112 Å². The molecular formula is C26H37N5O3. The number of esters is 1. The molecule has 1 aromatic carbocycles.